The molecule has 0 aliphatic heterocycles. The fourth-order valence-electron chi connectivity index (χ4n) is 8.83. The van der Waals surface area contributed by atoms with E-state index in [0.717, 1.165) is 39.0 Å². The van der Waals surface area contributed by atoms with E-state index in [0.29, 0.717) is 0 Å². The van der Waals surface area contributed by atoms with E-state index in [-0.39, 0.29) is 0 Å². The molecule has 0 amide bonds. The SMILES string of the molecule is c1ccc(N(c2ccc3c(c2)C(c2ccccc2)(c2ccccc2)c2ccccc2-3)c2cccc3sc4ccc5c6ccccc6oc5c4c23)cc1. The maximum absolute atomic E-state index is 6.69. The van der Waals surface area contributed by atoms with Crippen LogP contribution >= 0.6 is 11.3 Å². The number of thiophene rings is 1. The standard InChI is InChI=1S/C49H31NOS/c1-4-15-32(16-5-1)49(33-17-6-2-7-18-33)40-23-12-10-21-36(40)37-28-27-35(31-41(37)49)50(34-19-8-3-9-20-34)42-24-14-26-44-46(42)47-45(52-44)30-29-39-38-22-11-13-25-43(38)51-48(39)47/h1-31H. The largest absolute Gasteiger partial charge is 0.455 e. The van der Waals surface area contributed by atoms with Crippen molar-refractivity contribution >= 4 is 70.5 Å². The summed E-state index contributed by atoms with van der Waals surface area (Å²) in [5.74, 6) is 0. The quantitative estimate of drug-likeness (QED) is 0.180. The maximum Gasteiger partial charge on any atom is 0.144 e. The zero-order chi connectivity index (χ0) is 34.2. The molecule has 11 rings (SSSR count). The van der Waals surface area contributed by atoms with Gasteiger partial charge in [0.1, 0.15) is 11.2 Å². The van der Waals surface area contributed by atoms with Gasteiger partial charge in [-0.25, -0.2) is 0 Å². The van der Waals surface area contributed by atoms with Gasteiger partial charge in [-0.15, -0.1) is 11.3 Å². The Bertz CT molecular complexity index is 2920. The fraction of sp³-hybridized carbons (Fsp3) is 0.0204. The molecular weight excluding hydrogens is 651 g/mol. The molecular formula is C49H31NOS. The molecule has 2 nitrogen and oxygen atoms in total. The molecule has 0 spiro atoms. The summed E-state index contributed by atoms with van der Waals surface area (Å²) < 4.78 is 9.14. The van der Waals surface area contributed by atoms with Crippen LogP contribution in [0.5, 0.6) is 0 Å². The van der Waals surface area contributed by atoms with Gasteiger partial charge in [-0.3, -0.25) is 0 Å². The Hall–Kier alpha value is -6.42. The molecule has 244 valence electrons. The van der Waals surface area contributed by atoms with Gasteiger partial charge in [0, 0.05) is 42.3 Å². The van der Waals surface area contributed by atoms with Crippen molar-refractivity contribution in [2.75, 3.05) is 4.90 Å². The number of furan rings is 1. The fourth-order valence-corrected chi connectivity index (χ4v) is 9.95. The van der Waals surface area contributed by atoms with Crippen LogP contribution in [0.2, 0.25) is 0 Å². The number of anilines is 3. The van der Waals surface area contributed by atoms with Gasteiger partial charge in [-0.05, 0) is 88.0 Å². The van der Waals surface area contributed by atoms with Gasteiger partial charge >= 0.3 is 0 Å². The van der Waals surface area contributed by atoms with Gasteiger partial charge in [-0.1, -0.05) is 133 Å². The third-order valence-electron chi connectivity index (χ3n) is 10.9. The van der Waals surface area contributed by atoms with Crippen molar-refractivity contribution in [3.8, 4) is 11.1 Å². The van der Waals surface area contributed by atoms with Crippen molar-refractivity contribution in [2.45, 2.75) is 5.41 Å². The van der Waals surface area contributed by atoms with E-state index in [1.54, 1.807) is 0 Å². The van der Waals surface area contributed by atoms with Crippen LogP contribution in [0.25, 0.3) is 53.2 Å². The van der Waals surface area contributed by atoms with Crippen LogP contribution < -0.4 is 4.90 Å². The van der Waals surface area contributed by atoms with Gasteiger partial charge in [-0.2, -0.15) is 0 Å². The van der Waals surface area contributed by atoms with Gasteiger partial charge in [0.15, 0.2) is 0 Å². The smallest absolute Gasteiger partial charge is 0.144 e. The maximum atomic E-state index is 6.69. The van der Waals surface area contributed by atoms with Crippen LogP contribution in [0.1, 0.15) is 22.3 Å². The predicted octanol–water partition coefficient (Wildman–Crippen LogP) is 13.8. The van der Waals surface area contributed by atoms with Crippen LogP contribution in [0.3, 0.4) is 0 Å². The Morgan fingerprint density at radius 3 is 1.88 bits per heavy atom. The second-order valence-corrected chi connectivity index (χ2v) is 14.7. The number of fused-ring (bicyclic) bond motifs is 10. The van der Waals surface area contributed by atoms with Crippen molar-refractivity contribution < 1.29 is 4.42 Å². The van der Waals surface area contributed by atoms with Crippen molar-refractivity contribution in [3.63, 3.8) is 0 Å². The molecule has 0 N–H and O–H groups in total. The minimum atomic E-state index is -0.492. The highest BCUT2D eigenvalue weighted by atomic mass is 32.1. The Morgan fingerprint density at radius 1 is 0.442 bits per heavy atom. The number of hydrogen-bond donors (Lipinski definition) is 0. The highest BCUT2D eigenvalue weighted by molar-refractivity contribution is 7.26. The number of nitrogens with zero attached hydrogens (tertiary/aromatic N) is 1. The number of hydrogen-bond acceptors (Lipinski definition) is 3. The summed E-state index contributed by atoms with van der Waals surface area (Å²) in [6.45, 7) is 0. The first-order valence-corrected chi connectivity index (χ1v) is 18.6. The summed E-state index contributed by atoms with van der Waals surface area (Å²) in [6, 6.07) is 68.5. The molecule has 0 saturated heterocycles. The highest BCUT2D eigenvalue weighted by Crippen LogP contribution is 2.57. The molecule has 0 atom stereocenters. The summed E-state index contributed by atoms with van der Waals surface area (Å²) >= 11 is 1.83. The minimum absolute atomic E-state index is 0.492. The van der Waals surface area contributed by atoms with Crippen LogP contribution in [0, 0.1) is 0 Å². The molecule has 0 bridgehead atoms. The van der Waals surface area contributed by atoms with Gasteiger partial charge in [0.05, 0.1) is 11.1 Å². The first-order chi connectivity index (χ1) is 25.8. The molecule has 1 aliphatic carbocycles. The molecule has 1 aliphatic rings. The Balaban J connectivity index is 1.23. The van der Waals surface area contributed by atoms with Crippen LogP contribution in [-0.4, -0.2) is 0 Å². The topological polar surface area (TPSA) is 16.4 Å². The van der Waals surface area contributed by atoms with E-state index in [1.807, 2.05) is 17.4 Å². The van der Waals surface area contributed by atoms with Crippen LogP contribution in [0.4, 0.5) is 17.1 Å². The monoisotopic (exact) mass is 681 g/mol. The predicted molar refractivity (Wildman–Crippen MR) is 219 cm³/mol. The Labute approximate surface area is 305 Å². The summed E-state index contributed by atoms with van der Waals surface area (Å²) in [4.78, 5) is 2.44. The summed E-state index contributed by atoms with van der Waals surface area (Å²) in [7, 11) is 0. The lowest BCUT2D eigenvalue weighted by molar-refractivity contribution is 0.673. The molecule has 10 aromatic rings. The zero-order valence-electron chi connectivity index (χ0n) is 28.2. The molecule has 3 heteroatoms. The van der Waals surface area contributed by atoms with Crippen LogP contribution in [-0.2, 0) is 5.41 Å². The lowest BCUT2D eigenvalue weighted by Gasteiger charge is -2.35. The lowest BCUT2D eigenvalue weighted by atomic mass is 9.67. The number of rotatable bonds is 5. The Morgan fingerprint density at radius 2 is 1.10 bits per heavy atom. The van der Waals surface area contributed by atoms with E-state index >= 15 is 0 Å². The second-order valence-electron chi connectivity index (χ2n) is 13.6. The van der Waals surface area contributed by atoms with Crippen molar-refractivity contribution in [1.82, 2.24) is 0 Å². The number of benzene rings is 8. The third kappa shape index (κ3) is 4.06. The average molecular weight is 682 g/mol. The van der Waals surface area contributed by atoms with E-state index in [2.05, 4.69) is 187 Å². The summed E-state index contributed by atoms with van der Waals surface area (Å²) in [6.07, 6.45) is 0. The van der Waals surface area contributed by atoms with E-state index in [1.165, 1.54) is 53.6 Å². The Kier molecular flexibility index (Phi) is 6.37. The van der Waals surface area contributed by atoms with Crippen molar-refractivity contribution in [3.05, 3.63) is 210 Å². The van der Waals surface area contributed by atoms with Crippen molar-refractivity contribution in [2.24, 2.45) is 0 Å². The van der Waals surface area contributed by atoms with Crippen LogP contribution in [0.15, 0.2) is 192 Å². The highest BCUT2D eigenvalue weighted by Gasteiger charge is 2.46. The van der Waals surface area contributed by atoms with E-state index in [9.17, 15) is 0 Å². The molecule has 8 aromatic carbocycles. The molecule has 2 heterocycles. The normalized spacial score (nSPS) is 13.2. The zero-order valence-corrected chi connectivity index (χ0v) is 29.0. The summed E-state index contributed by atoms with van der Waals surface area (Å²) in [5.41, 5.74) is 12.4. The minimum Gasteiger partial charge on any atom is -0.455 e. The molecule has 0 radical (unpaired) electrons. The molecule has 0 unspecified atom stereocenters. The molecule has 0 fully saturated rings. The lowest BCUT2D eigenvalue weighted by Crippen LogP contribution is -2.28. The third-order valence-corrected chi connectivity index (χ3v) is 12.1. The van der Waals surface area contributed by atoms with Crippen molar-refractivity contribution in [1.29, 1.82) is 0 Å². The van der Waals surface area contributed by atoms with Gasteiger partial charge in [0.25, 0.3) is 0 Å². The van der Waals surface area contributed by atoms with E-state index < -0.39 is 5.41 Å². The average Bonchev–Trinajstić information content (AvgIpc) is 3.88. The molecule has 0 saturated carbocycles. The van der Waals surface area contributed by atoms with E-state index in [4.69, 9.17) is 4.42 Å². The summed E-state index contributed by atoms with van der Waals surface area (Å²) in [5, 5.41) is 4.67. The first-order valence-electron chi connectivity index (χ1n) is 17.8. The molecule has 52 heavy (non-hydrogen) atoms. The molecule has 2 aromatic heterocycles. The first kappa shape index (κ1) is 29.3. The number of para-hydroxylation sites is 2. The second kappa shape index (κ2) is 11.3. The van der Waals surface area contributed by atoms with Gasteiger partial charge in [0.2, 0.25) is 0 Å². The van der Waals surface area contributed by atoms with Gasteiger partial charge < -0.3 is 9.32 Å².